The molecule has 2 rings (SSSR count). The standard InChI is InChI=1S/C11H16N4O4S/c1-6-10(7(2)15(3)13-6)20(18,19)14-8-4-5-9(16)12-11(8)17/h8,14H,4-5H2,1-3H3,(H,12,16,17). The van der Waals surface area contributed by atoms with Crippen molar-refractivity contribution in [3.05, 3.63) is 11.4 Å². The monoisotopic (exact) mass is 300 g/mol. The summed E-state index contributed by atoms with van der Waals surface area (Å²) in [7, 11) is -2.21. The van der Waals surface area contributed by atoms with E-state index in [-0.39, 0.29) is 23.6 Å². The Balaban J connectivity index is 2.28. The highest BCUT2D eigenvalue weighted by Crippen LogP contribution is 2.19. The molecule has 0 radical (unpaired) electrons. The van der Waals surface area contributed by atoms with Gasteiger partial charge in [0.05, 0.1) is 11.4 Å². The van der Waals surface area contributed by atoms with Crippen LogP contribution in [0.2, 0.25) is 0 Å². The molecular formula is C11H16N4O4S. The number of piperidine rings is 1. The smallest absolute Gasteiger partial charge is 0.244 e. The van der Waals surface area contributed by atoms with Crippen molar-refractivity contribution in [2.24, 2.45) is 7.05 Å². The molecule has 1 atom stereocenters. The van der Waals surface area contributed by atoms with Gasteiger partial charge in [-0.15, -0.1) is 0 Å². The van der Waals surface area contributed by atoms with E-state index in [1.165, 1.54) is 4.68 Å². The summed E-state index contributed by atoms with van der Waals surface area (Å²) in [5.74, 6) is -1.01. The number of carbonyl (C=O) groups excluding carboxylic acids is 2. The van der Waals surface area contributed by atoms with Crippen molar-refractivity contribution in [2.45, 2.75) is 37.6 Å². The molecule has 0 aliphatic carbocycles. The lowest BCUT2D eigenvalue weighted by atomic mass is 10.1. The Morgan fingerprint density at radius 2 is 2.00 bits per heavy atom. The van der Waals surface area contributed by atoms with Gasteiger partial charge in [-0.2, -0.15) is 9.82 Å². The van der Waals surface area contributed by atoms with Gasteiger partial charge in [0.15, 0.2) is 0 Å². The number of carbonyl (C=O) groups is 2. The van der Waals surface area contributed by atoms with E-state index in [9.17, 15) is 18.0 Å². The number of amides is 2. The molecular weight excluding hydrogens is 284 g/mol. The molecule has 0 aromatic carbocycles. The molecule has 1 aliphatic rings. The molecule has 0 bridgehead atoms. The van der Waals surface area contributed by atoms with Gasteiger partial charge in [-0.05, 0) is 20.3 Å². The fourth-order valence-corrected chi connectivity index (χ4v) is 3.86. The molecule has 1 aromatic heterocycles. The highest BCUT2D eigenvalue weighted by atomic mass is 32.2. The first-order valence-electron chi connectivity index (χ1n) is 6.08. The van der Waals surface area contributed by atoms with Crippen molar-refractivity contribution in [1.82, 2.24) is 19.8 Å². The number of hydrogen-bond donors (Lipinski definition) is 2. The zero-order valence-electron chi connectivity index (χ0n) is 11.4. The third-order valence-electron chi connectivity index (χ3n) is 3.25. The quantitative estimate of drug-likeness (QED) is 0.704. The summed E-state index contributed by atoms with van der Waals surface area (Å²) in [6, 6.07) is -0.934. The molecule has 2 N–H and O–H groups in total. The SMILES string of the molecule is Cc1nn(C)c(C)c1S(=O)(=O)NC1CCC(=O)NC1=O. The Bertz CT molecular complexity index is 677. The lowest BCUT2D eigenvalue weighted by Crippen LogP contribution is -2.52. The normalized spacial score (nSPS) is 20.1. The van der Waals surface area contributed by atoms with Crippen molar-refractivity contribution in [1.29, 1.82) is 0 Å². The summed E-state index contributed by atoms with van der Waals surface area (Å²) in [6.45, 7) is 3.23. The maximum Gasteiger partial charge on any atom is 0.244 e. The minimum atomic E-state index is -3.86. The van der Waals surface area contributed by atoms with Gasteiger partial charge in [0.25, 0.3) is 0 Å². The molecule has 1 saturated heterocycles. The van der Waals surface area contributed by atoms with Crippen LogP contribution >= 0.6 is 0 Å². The van der Waals surface area contributed by atoms with Gasteiger partial charge in [-0.3, -0.25) is 19.6 Å². The van der Waals surface area contributed by atoms with E-state index in [0.29, 0.717) is 11.4 Å². The number of hydrogen-bond acceptors (Lipinski definition) is 5. The van der Waals surface area contributed by atoms with E-state index in [4.69, 9.17) is 0 Å². The van der Waals surface area contributed by atoms with Gasteiger partial charge in [0, 0.05) is 13.5 Å². The van der Waals surface area contributed by atoms with Crippen LogP contribution < -0.4 is 10.0 Å². The molecule has 1 aromatic rings. The average molecular weight is 300 g/mol. The molecule has 9 heteroatoms. The third kappa shape index (κ3) is 2.59. The second-order valence-electron chi connectivity index (χ2n) is 4.75. The summed E-state index contributed by atoms with van der Waals surface area (Å²) >= 11 is 0. The predicted octanol–water partition coefficient (Wildman–Crippen LogP) is -0.880. The highest BCUT2D eigenvalue weighted by Gasteiger charge is 2.33. The van der Waals surface area contributed by atoms with Gasteiger partial charge < -0.3 is 0 Å². The van der Waals surface area contributed by atoms with Crippen molar-refractivity contribution >= 4 is 21.8 Å². The predicted molar refractivity (Wildman–Crippen MR) is 69.2 cm³/mol. The summed E-state index contributed by atoms with van der Waals surface area (Å²) < 4.78 is 28.5. The molecule has 2 amide bonds. The van der Waals surface area contributed by atoms with Crippen molar-refractivity contribution in [3.63, 3.8) is 0 Å². The van der Waals surface area contributed by atoms with E-state index in [1.807, 2.05) is 0 Å². The first kappa shape index (κ1) is 14.7. The molecule has 1 unspecified atom stereocenters. The largest absolute Gasteiger partial charge is 0.295 e. The third-order valence-corrected chi connectivity index (χ3v) is 4.97. The van der Waals surface area contributed by atoms with Gasteiger partial charge in [0.1, 0.15) is 10.9 Å². The number of aryl methyl sites for hydroxylation is 2. The fourth-order valence-electron chi connectivity index (χ4n) is 2.20. The number of rotatable bonds is 3. The number of nitrogens with zero attached hydrogens (tertiary/aromatic N) is 2. The Morgan fingerprint density at radius 1 is 1.35 bits per heavy atom. The van der Waals surface area contributed by atoms with Crippen molar-refractivity contribution < 1.29 is 18.0 Å². The molecule has 20 heavy (non-hydrogen) atoms. The highest BCUT2D eigenvalue weighted by molar-refractivity contribution is 7.89. The van der Waals surface area contributed by atoms with Crippen LogP contribution in [0.1, 0.15) is 24.2 Å². The van der Waals surface area contributed by atoms with E-state index >= 15 is 0 Å². The van der Waals surface area contributed by atoms with Crippen molar-refractivity contribution in [2.75, 3.05) is 0 Å². The molecule has 1 aliphatic heterocycles. The first-order valence-corrected chi connectivity index (χ1v) is 7.57. The van der Waals surface area contributed by atoms with Crippen LogP contribution in [0.4, 0.5) is 0 Å². The molecule has 110 valence electrons. The zero-order chi connectivity index (χ0) is 15.1. The maximum absolute atomic E-state index is 12.4. The lowest BCUT2D eigenvalue weighted by molar-refractivity contribution is -0.134. The van der Waals surface area contributed by atoms with E-state index in [0.717, 1.165) is 0 Å². The van der Waals surface area contributed by atoms with Gasteiger partial charge in [-0.1, -0.05) is 0 Å². The lowest BCUT2D eigenvalue weighted by Gasteiger charge is -2.21. The second-order valence-corrected chi connectivity index (χ2v) is 6.40. The minimum absolute atomic E-state index is 0.0738. The molecule has 1 fully saturated rings. The van der Waals surface area contributed by atoms with Crippen molar-refractivity contribution in [3.8, 4) is 0 Å². The van der Waals surface area contributed by atoms with E-state index in [2.05, 4.69) is 15.1 Å². The average Bonchev–Trinajstić information content (AvgIpc) is 2.57. The molecule has 0 spiro atoms. The zero-order valence-corrected chi connectivity index (χ0v) is 12.2. The Hall–Kier alpha value is -1.74. The van der Waals surface area contributed by atoms with Gasteiger partial charge in [0.2, 0.25) is 21.8 Å². The number of nitrogens with one attached hydrogen (secondary N) is 2. The second kappa shape index (κ2) is 4.98. The van der Waals surface area contributed by atoms with Crippen LogP contribution in [0.15, 0.2) is 4.90 Å². The van der Waals surface area contributed by atoms with Gasteiger partial charge in [-0.25, -0.2) is 8.42 Å². The molecule has 8 nitrogen and oxygen atoms in total. The van der Waals surface area contributed by atoms with Crippen LogP contribution in [-0.4, -0.2) is 36.1 Å². The van der Waals surface area contributed by atoms with Crippen LogP contribution in [0, 0.1) is 13.8 Å². The summed E-state index contributed by atoms with van der Waals surface area (Å²) in [6.07, 6.45) is 0.270. The van der Waals surface area contributed by atoms with Crippen LogP contribution in [0.5, 0.6) is 0 Å². The number of imide groups is 1. The Labute approximate surface area is 116 Å². The topological polar surface area (TPSA) is 110 Å². The van der Waals surface area contributed by atoms with E-state index in [1.54, 1.807) is 20.9 Å². The number of aromatic nitrogens is 2. The summed E-state index contributed by atoms with van der Waals surface area (Å²) in [4.78, 5) is 22.7. The van der Waals surface area contributed by atoms with Crippen LogP contribution in [0.3, 0.4) is 0 Å². The summed E-state index contributed by atoms with van der Waals surface area (Å²) in [5.41, 5.74) is 0.854. The summed E-state index contributed by atoms with van der Waals surface area (Å²) in [5, 5.41) is 6.16. The maximum atomic E-state index is 12.4. The Kier molecular flexibility index (Phi) is 3.65. The fraction of sp³-hybridized carbons (Fsp3) is 0.545. The van der Waals surface area contributed by atoms with Crippen LogP contribution in [0.25, 0.3) is 0 Å². The number of sulfonamides is 1. The minimum Gasteiger partial charge on any atom is -0.295 e. The van der Waals surface area contributed by atoms with E-state index < -0.39 is 22.0 Å². The molecule has 0 saturated carbocycles. The van der Waals surface area contributed by atoms with Crippen LogP contribution in [-0.2, 0) is 26.7 Å². The molecule has 2 heterocycles. The Morgan fingerprint density at radius 3 is 2.50 bits per heavy atom. The van der Waals surface area contributed by atoms with Gasteiger partial charge >= 0.3 is 0 Å². The first-order chi connectivity index (χ1) is 9.22.